The van der Waals surface area contributed by atoms with Crippen LogP contribution in [0.15, 0.2) is 36.5 Å². The first-order valence-electron chi connectivity index (χ1n) is 9.24. The molecule has 0 bridgehead atoms. The molecule has 2 heterocycles. The van der Waals surface area contributed by atoms with Gasteiger partial charge in [0, 0.05) is 24.7 Å². The van der Waals surface area contributed by atoms with Crippen molar-refractivity contribution in [3.8, 4) is 17.2 Å². The summed E-state index contributed by atoms with van der Waals surface area (Å²) in [6, 6.07) is 12.6. The quantitative estimate of drug-likeness (QED) is 0.910. The van der Waals surface area contributed by atoms with Crippen molar-refractivity contribution < 1.29 is 4.79 Å². The van der Waals surface area contributed by atoms with Crippen LogP contribution in [0.3, 0.4) is 0 Å². The summed E-state index contributed by atoms with van der Waals surface area (Å²) in [7, 11) is 0. The van der Waals surface area contributed by atoms with Gasteiger partial charge in [0.2, 0.25) is 5.91 Å². The third-order valence-electron chi connectivity index (χ3n) is 5.27. The lowest BCUT2D eigenvalue weighted by Crippen LogP contribution is -2.26. The Morgan fingerprint density at radius 2 is 2.04 bits per heavy atom. The van der Waals surface area contributed by atoms with Crippen LogP contribution >= 0.6 is 0 Å². The Bertz CT molecular complexity index is 882. The molecule has 1 N–H and O–H groups in total. The molecule has 2 aliphatic rings. The van der Waals surface area contributed by atoms with E-state index >= 15 is 0 Å². The molecule has 1 aromatic carbocycles. The zero-order valence-electron chi connectivity index (χ0n) is 14.9. The predicted molar refractivity (Wildman–Crippen MR) is 102 cm³/mol. The molecule has 4 rings (SSSR count). The topological polar surface area (TPSA) is 69.0 Å². The van der Waals surface area contributed by atoms with Crippen LogP contribution < -0.4 is 10.2 Å². The second-order valence-corrected chi connectivity index (χ2v) is 7.22. The molecular weight excluding hydrogens is 324 g/mol. The molecule has 2 aromatic rings. The largest absolute Gasteiger partial charge is 0.368 e. The Labute approximate surface area is 153 Å². The van der Waals surface area contributed by atoms with Crippen molar-refractivity contribution in [2.75, 3.05) is 16.8 Å². The van der Waals surface area contributed by atoms with Crippen molar-refractivity contribution in [3.63, 3.8) is 0 Å². The smallest absolute Gasteiger partial charge is 0.228 e. The van der Waals surface area contributed by atoms with Crippen LogP contribution in [0.2, 0.25) is 0 Å². The first-order valence-corrected chi connectivity index (χ1v) is 9.24. The molecular formula is C21H22N4O. The summed E-state index contributed by atoms with van der Waals surface area (Å²) in [6.45, 7) is 3.21. The maximum Gasteiger partial charge on any atom is 0.228 e. The predicted octanol–water partition coefficient (Wildman–Crippen LogP) is 3.96. The van der Waals surface area contributed by atoms with Crippen LogP contribution in [0.4, 0.5) is 11.5 Å². The number of pyridine rings is 1. The Kier molecular flexibility index (Phi) is 4.34. The van der Waals surface area contributed by atoms with Gasteiger partial charge >= 0.3 is 0 Å². The number of hydrogen-bond acceptors (Lipinski definition) is 4. The molecule has 1 saturated heterocycles. The molecule has 5 heteroatoms. The van der Waals surface area contributed by atoms with Crippen molar-refractivity contribution in [3.05, 3.63) is 42.1 Å². The van der Waals surface area contributed by atoms with E-state index in [0.717, 1.165) is 36.2 Å². The Morgan fingerprint density at radius 1 is 1.23 bits per heavy atom. The molecule has 5 nitrogen and oxygen atoms in total. The van der Waals surface area contributed by atoms with Gasteiger partial charge in [0.1, 0.15) is 11.9 Å². The number of nitrogens with zero attached hydrogens (tertiary/aromatic N) is 3. The van der Waals surface area contributed by atoms with Gasteiger partial charge in [-0.25, -0.2) is 4.98 Å². The number of nitrogens with one attached hydrogen (secondary N) is 1. The second kappa shape index (κ2) is 6.80. The number of anilines is 2. The van der Waals surface area contributed by atoms with Crippen molar-refractivity contribution in [2.24, 2.45) is 5.92 Å². The molecule has 2 fully saturated rings. The average molecular weight is 346 g/mol. The van der Waals surface area contributed by atoms with Crippen LogP contribution in [0.5, 0.6) is 0 Å². The van der Waals surface area contributed by atoms with Gasteiger partial charge in [0.25, 0.3) is 0 Å². The van der Waals surface area contributed by atoms with Gasteiger partial charge in [-0.15, -0.1) is 0 Å². The summed E-state index contributed by atoms with van der Waals surface area (Å²) >= 11 is 0. The highest BCUT2D eigenvalue weighted by Gasteiger charge is 2.29. The van der Waals surface area contributed by atoms with E-state index in [1.54, 1.807) is 6.20 Å². The summed E-state index contributed by atoms with van der Waals surface area (Å²) in [5, 5.41) is 12.5. The maximum absolute atomic E-state index is 11.9. The number of carbonyl (C=O) groups excluding carboxylic acids is 1. The highest BCUT2D eigenvalue weighted by Crippen LogP contribution is 2.33. The van der Waals surface area contributed by atoms with Crippen LogP contribution in [0.1, 0.15) is 38.2 Å². The van der Waals surface area contributed by atoms with E-state index in [-0.39, 0.29) is 11.8 Å². The van der Waals surface area contributed by atoms with Gasteiger partial charge in [-0.2, -0.15) is 5.26 Å². The Balaban J connectivity index is 1.61. The molecule has 132 valence electrons. The van der Waals surface area contributed by atoms with Crippen molar-refractivity contribution in [2.45, 2.75) is 38.6 Å². The fourth-order valence-corrected chi connectivity index (χ4v) is 3.60. The number of hydrogen-bond donors (Lipinski definition) is 1. The van der Waals surface area contributed by atoms with E-state index in [9.17, 15) is 10.1 Å². The Hall–Kier alpha value is -2.87. The zero-order chi connectivity index (χ0) is 18.1. The highest BCUT2D eigenvalue weighted by molar-refractivity contribution is 5.93. The van der Waals surface area contributed by atoms with Crippen LogP contribution in [-0.2, 0) is 4.79 Å². The lowest BCUT2D eigenvalue weighted by molar-refractivity contribution is -0.117. The summed E-state index contributed by atoms with van der Waals surface area (Å²) in [5.41, 5.74) is 3.61. The first-order chi connectivity index (χ1) is 12.7. The molecule has 1 saturated carbocycles. The molecule has 0 radical (unpaired) electrons. The lowest BCUT2D eigenvalue weighted by atomic mass is 10.0. The van der Waals surface area contributed by atoms with Gasteiger partial charge in [-0.1, -0.05) is 6.07 Å². The first kappa shape index (κ1) is 16.6. The van der Waals surface area contributed by atoms with Crippen LogP contribution in [-0.4, -0.2) is 23.5 Å². The number of rotatable bonds is 4. The maximum atomic E-state index is 11.9. The molecule has 0 unspecified atom stereocenters. The van der Waals surface area contributed by atoms with E-state index < -0.39 is 0 Å². The minimum atomic E-state index is 0.0470. The second-order valence-electron chi connectivity index (χ2n) is 7.22. The minimum Gasteiger partial charge on any atom is -0.368 e. The van der Waals surface area contributed by atoms with Gasteiger partial charge in [-0.3, -0.25) is 4.79 Å². The highest BCUT2D eigenvalue weighted by atomic mass is 16.2. The monoisotopic (exact) mass is 346 g/mol. The number of nitriles is 1. The third kappa shape index (κ3) is 3.28. The van der Waals surface area contributed by atoms with Crippen molar-refractivity contribution in [1.29, 1.82) is 5.26 Å². The summed E-state index contributed by atoms with van der Waals surface area (Å²) in [5.74, 6) is 0.758. The number of benzene rings is 1. The van der Waals surface area contributed by atoms with Crippen molar-refractivity contribution in [1.82, 2.24) is 4.98 Å². The standard InChI is InChI=1S/C21H22N4O/c1-14-3-2-10-25(14)19-7-6-16(11-18(19)13-22)17-8-9-23-20(12-17)24-21(26)15-4-5-15/h6-9,11-12,14-15H,2-5,10H2,1H3,(H,23,24,26)/t14-/m1/s1. The van der Waals surface area contributed by atoms with Gasteiger partial charge < -0.3 is 10.2 Å². The van der Waals surface area contributed by atoms with Crippen LogP contribution in [0, 0.1) is 17.2 Å². The van der Waals surface area contributed by atoms with E-state index in [1.807, 2.05) is 30.3 Å². The Morgan fingerprint density at radius 3 is 2.73 bits per heavy atom. The molecule has 1 amide bonds. The van der Waals surface area contributed by atoms with Crippen LogP contribution in [0.25, 0.3) is 11.1 Å². The van der Waals surface area contributed by atoms with E-state index in [1.165, 1.54) is 12.8 Å². The lowest BCUT2D eigenvalue weighted by Gasteiger charge is -2.25. The molecule has 1 atom stereocenters. The average Bonchev–Trinajstić information content (AvgIpc) is 3.43. The van der Waals surface area contributed by atoms with E-state index in [0.29, 0.717) is 17.4 Å². The van der Waals surface area contributed by atoms with Gasteiger partial charge in [0.15, 0.2) is 0 Å². The molecule has 26 heavy (non-hydrogen) atoms. The summed E-state index contributed by atoms with van der Waals surface area (Å²) < 4.78 is 0. The number of carbonyl (C=O) groups is 1. The molecule has 1 aliphatic heterocycles. The minimum absolute atomic E-state index is 0.0470. The fourth-order valence-electron chi connectivity index (χ4n) is 3.60. The SMILES string of the molecule is C[C@@H]1CCCN1c1ccc(-c2ccnc(NC(=O)C3CC3)c2)cc1C#N. The summed E-state index contributed by atoms with van der Waals surface area (Å²) in [4.78, 5) is 18.5. The zero-order valence-corrected chi connectivity index (χ0v) is 14.9. The normalized spacial score (nSPS) is 19.2. The third-order valence-corrected chi connectivity index (χ3v) is 5.27. The molecule has 0 spiro atoms. The van der Waals surface area contributed by atoms with E-state index in [4.69, 9.17) is 0 Å². The van der Waals surface area contributed by atoms with Gasteiger partial charge in [0.05, 0.1) is 11.3 Å². The molecule has 1 aromatic heterocycles. The number of amides is 1. The fraction of sp³-hybridized carbons (Fsp3) is 0.381. The van der Waals surface area contributed by atoms with E-state index in [2.05, 4.69) is 28.2 Å². The number of aromatic nitrogens is 1. The molecule has 1 aliphatic carbocycles. The summed E-state index contributed by atoms with van der Waals surface area (Å²) in [6.07, 6.45) is 5.96. The van der Waals surface area contributed by atoms with Gasteiger partial charge in [-0.05, 0) is 68.0 Å². The van der Waals surface area contributed by atoms with Crippen molar-refractivity contribution >= 4 is 17.4 Å².